The molecule has 1 aromatic carbocycles. The number of methoxy groups -OCH3 is 1. The van der Waals surface area contributed by atoms with Crippen molar-refractivity contribution in [1.82, 2.24) is 0 Å². The minimum absolute atomic E-state index is 0.0594. The van der Waals surface area contributed by atoms with Crippen LogP contribution in [-0.2, 0) is 0 Å². The SMILES string of the molecule is COc1ccc(Br)cc1OCC(F)(F)F. The Hall–Kier alpha value is -0.910. The van der Waals surface area contributed by atoms with Gasteiger partial charge in [-0.2, -0.15) is 13.2 Å². The number of benzene rings is 1. The van der Waals surface area contributed by atoms with Gasteiger partial charge in [0.1, 0.15) is 0 Å². The molecule has 6 heteroatoms. The van der Waals surface area contributed by atoms with E-state index in [2.05, 4.69) is 20.7 Å². The predicted octanol–water partition coefficient (Wildman–Crippen LogP) is 3.40. The summed E-state index contributed by atoms with van der Waals surface area (Å²) in [6.45, 7) is -1.33. The average molecular weight is 285 g/mol. The Balaban J connectivity index is 2.79. The van der Waals surface area contributed by atoms with Gasteiger partial charge in [0.05, 0.1) is 7.11 Å². The van der Waals surface area contributed by atoms with E-state index in [1.54, 1.807) is 6.07 Å². The van der Waals surface area contributed by atoms with Crippen LogP contribution in [0.15, 0.2) is 22.7 Å². The molecule has 0 amide bonds. The summed E-state index contributed by atoms with van der Waals surface area (Å²) in [4.78, 5) is 0. The lowest BCUT2D eigenvalue weighted by Crippen LogP contribution is -2.19. The van der Waals surface area contributed by atoms with Crippen LogP contribution < -0.4 is 9.47 Å². The number of hydrogen-bond donors (Lipinski definition) is 0. The van der Waals surface area contributed by atoms with Crippen molar-refractivity contribution in [2.75, 3.05) is 13.7 Å². The lowest BCUT2D eigenvalue weighted by Gasteiger charge is -2.12. The van der Waals surface area contributed by atoms with Crippen LogP contribution in [0.4, 0.5) is 13.2 Å². The summed E-state index contributed by atoms with van der Waals surface area (Å²) in [5.41, 5.74) is 0. The predicted molar refractivity (Wildman–Crippen MR) is 52.2 cm³/mol. The number of rotatable bonds is 3. The highest BCUT2D eigenvalue weighted by atomic mass is 79.9. The third-order valence-corrected chi connectivity index (χ3v) is 2.01. The van der Waals surface area contributed by atoms with Crippen molar-refractivity contribution in [3.63, 3.8) is 0 Å². The first-order valence-corrected chi connectivity index (χ1v) is 4.75. The fourth-order valence-corrected chi connectivity index (χ4v) is 1.26. The molecule has 0 N–H and O–H groups in total. The lowest BCUT2D eigenvalue weighted by molar-refractivity contribution is -0.153. The largest absolute Gasteiger partial charge is 0.493 e. The monoisotopic (exact) mass is 284 g/mol. The van der Waals surface area contributed by atoms with Gasteiger partial charge in [0.2, 0.25) is 0 Å². The highest BCUT2D eigenvalue weighted by molar-refractivity contribution is 9.10. The number of ether oxygens (including phenoxy) is 2. The van der Waals surface area contributed by atoms with Gasteiger partial charge in [0.25, 0.3) is 0 Å². The second kappa shape index (κ2) is 4.74. The summed E-state index contributed by atoms with van der Waals surface area (Å²) in [6.07, 6.45) is -4.35. The van der Waals surface area contributed by atoms with Crippen LogP contribution in [0.5, 0.6) is 11.5 Å². The first-order chi connectivity index (χ1) is 6.92. The van der Waals surface area contributed by atoms with E-state index in [4.69, 9.17) is 4.74 Å². The second-order valence-electron chi connectivity index (χ2n) is 2.70. The molecule has 0 heterocycles. The van der Waals surface area contributed by atoms with Crippen LogP contribution in [-0.4, -0.2) is 19.9 Å². The van der Waals surface area contributed by atoms with Crippen molar-refractivity contribution < 1.29 is 22.6 Å². The molecule has 0 radical (unpaired) electrons. The molecule has 0 aliphatic heterocycles. The summed E-state index contributed by atoms with van der Waals surface area (Å²) in [7, 11) is 1.36. The molecule has 1 rings (SSSR count). The summed E-state index contributed by atoms with van der Waals surface area (Å²) in [5, 5.41) is 0. The molecule has 0 saturated carbocycles. The van der Waals surface area contributed by atoms with Crippen molar-refractivity contribution in [2.45, 2.75) is 6.18 Å². The van der Waals surface area contributed by atoms with E-state index in [1.807, 2.05) is 0 Å². The van der Waals surface area contributed by atoms with Crippen LogP contribution in [0.3, 0.4) is 0 Å². The van der Waals surface area contributed by atoms with E-state index in [9.17, 15) is 13.2 Å². The van der Waals surface area contributed by atoms with Crippen molar-refractivity contribution >= 4 is 15.9 Å². The highest BCUT2D eigenvalue weighted by Crippen LogP contribution is 2.31. The van der Waals surface area contributed by atoms with Crippen LogP contribution in [0.2, 0.25) is 0 Å². The Morgan fingerprint density at radius 2 is 1.93 bits per heavy atom. The minimum Gasteiger partial charge on any atom is -0.493 e. The Morgan fingerprint density at radius 3 is 2.47 bits per heavy atom. The fraction of sp³-hybridized carbons (Fsp3) is 0.333. The zero-order chi connectivity index (χ0) is 11.5. The molecule has 0 fully saturated rings. The van der Waals surface area contributed by atoms with Crippen LogP contribution in [0, 0.1) is 0 Å². The third kappa shape index (κ3) is 3.99. The van der Waals surface area contributed by atoms with Crippen molar-refractivity contribution in [3.05, 3.63) is 22.7 Å². The van der Waals surface area contributed by atoms with E-state index in [1.165, 1.54) is 19.2 Å². The van der Waals surface area contributed by atoms with Gasteiger partial charge in [0, 0.05) is 4.47 Å². The summed E-state index contributed by atoms with van der Waals surface area (Å²) in [5.74, 6) is 0.326. The van der Waals surface area contributed by atoms with E-state index in [-0.39, 0.29) is 11.5 Å². The molecular formula is C9H8BrF3O2. The van der Waals surface area contributed by atoms with Crippen LogP contribution in [0.25, 0.3) is 0 Å². The van der Waals surface area contributed by atoms with Crippen molar-refractivity contribution in [1.29, 1.82) is 0 Å². The number of alkyl halides is 3. The molecule has 0 aliphatic rings. The van der Waals surface area contributed by atoms with Gasteiger partial charge < -0.3 is 9.47 Å². The summed E-state index contributed by atoms with van der Waals surface area (Å²) >= 11 is 3.13. The standard InChI is InChI=1S/C9H8BrF3O2/c1-14-7-3-2-6(10)4-8(7)15-5-9(11,12)13/h2-4H,5H2,1H3. The van der Waals surface area contributed by atoms with E-state index >= 15 is 0 Å². The van der Waals surface area contributed by atoms with Crippen molar-refractivity contribution in [2.24, 2.45) is 0 Å². The Labute approximate surface area is 93.1 Å². The molecule has 0 aliphatic carbocycles. The molecule has 0 saturated heterocycles. The zero-order valence-corrected chi connectivity index (χ0v) is 9.35. The van der Waals surface area contributed by atoms with Crippen LogP contribution in [0.1, 0.15) is 0 Å². The third-order valence-electron chi connectivity index (χ3n) is 1.52. The molecule has 0 unspecified atom stereocenters. The molecule has 84 valence electrons. The van der Waals surface area contributed by atoms with Crippen LogP contribution >= 0.6 is 15.9 Å². The Morgan fingerprint density at radius 1 is 1.27 bits per heavy atom. The molecule has 0 spiro atoms. The maximum Gasteiger partial charge on any atom is 0.422 e. The maximum absolute atomic E-state index is 11.9. The Kier molecular flexibility index (Phi) is 3.84. The van der Waals surface area contributed by atoms with Gasteiger partial charge in [-0.25, -0.2) is 0 Å². The molecule has 0 atom stereocenters. The average Bonchev–Trinajstić information content (AvgIpc) is 2.14. The molecule has 15 heavy (non-hydrogen) atoms. The lowest BCUT2D eigenvalue weighted by atomic mass is 10.3. The first kappa shape index (κ1) is 12.2. The van der Waals surface area contributed by atoms with E-state index in [0.717, 1.165) is 0 Å². The maximum atomic E-state index is 11.9. The minimum atomic E-state index is -4.35. The van der Waals surface area contributed by atoms with Crippen molar-refractivity contribution in [3.8, 4) is 11.5 Å². The number of halogens is 4. The topological polar surface area (TPSA) is 18.5 Å². The van der Waals surface area contributed by atoms with E-state index in [0.29, 0.717) is 4.47 Å². The number of hydrogen-bond acceptors (Lipinski definition) is 2. The normalized spacial score (nSPS) is 11.3. The molecular weight excluding hydrogens is 277 g/mol. The molecule has 1 aromatic rings. The second-order valence-corrected chi connectivity index (χ2v) is 3.61. The van der Waals surface area contributed by atoms with Gasteiger partial charge >= 0.3 is 6.18 Å². The smallest absolute Gasteiger partial charge is 0.422 e. The van der Waals surface area contributed by atoms with Gasteiger partial charge in [-0.3, -0.25) is 0 Å². The quantitative estimate of drug-likeness (QED) is 0.847. The fourth-order valence-electron chi connectivity index (χ4n) is 0.923. The van der Waals surface area contributed by atoms with Gasteiger partial charge in [-0.15, -0.1) is 0 Å². The summed E-state index contributed by atoms with van der Waals surface area (Å²) in [6, 6.07) is 4.60. The molecule has 0 aromatic heterocycles. The van der Waals surface area contributed by atoms with Gasteiger partial charge in [-0.1, -0.05) is 15.9 Å². The van der Waals surface area contributed by atoms with Gasteiger partial charge in [-0.05, 0) is 18.2 Å². The Bertz CT molecular complexity index is 339. The zero-order valence-electron chi connectivity index (χ0n) is 7.77. The molecule has 2 nitrogen and oxygen atoms in total. The molecule has 0 bridgehead atoms. The van der Waals surface area contributed by atoms with E-state index < -0.39 is 12.8 Å². The first-order valence-electron chi connectivity index (χ1n) is 3.95. The van der Waals surface area contributed by atoms with Gasteiger partial charge in [0.15, 0.2) is 18.1 Å². The highest BCUT2D eigenvalue weighted by Gasteiger charge is 2.28. The summed E-state index contributed by atoms with van der Waals surface area (Å²) < 4.78 is 45.8.